The molecule has 2 fully saturated rings. The van der Waals surface area contributed by atoms with Crippen molar-refractivity contribution >= 4 is 22.6 Å². The minimum atomic E-state index is -0.159. The summed E-state index contributed by atoms with van der Waals surface area (Å²) in [6, 6.07) is 6.29. The Balaban J connectivity index is 1.40. The molecule has 3 heterocycles. The number of amides is 1. The quantitative estimate of drug-likeness (QED) is 0.521. The summed E-state index contributed by atoms with van der Waals surface area (Å²) in [5, 5.41) is 22.3. The number of piperazine rings is 1. The zero-order valence-electron chi connectivity index (χ0n) is 20.3. The largest absolute Gasteiger partial charge is 0.396 e. The smallest absolute Gasteiger partial charge is 0.253 e. The first-order valence-corrected chi connectivity index (χ1v) is 12.2. The van der Waals surface area contributed by atoms with Gasteiger partial charge in [0.05, 0.1) is 17.9 Å². The van der Waals surface area contributed by atoms with Gasteiger partial charge in [-0.3, -0.25) is 4.79 Å². The first kappa shape index (κ1) is 22.8. The Labute approximate surface area is 200 Å². The highest BCUT2D eigenvalue weighted by atomic mass is 16.3. The van der Waals surface area contributed by atoms with Crippen LogP contribution in [0.25, 0.3) is 22.3 Å². The van der Waals surface area contributed by atoms with E-state index in [-0.39, 0.29) is 17.9 Å². The number of anilines is 1. The van der Waals surface area contributed by atoms with E-state index in [9.17, 15) is 9.90 Å². The van der Waals surface area contributed by atoms with Gasteiger partial charge in [0.15, 0.2) is 5.65 Å². The summed E-state index contributed by atoms with van der Waals surface area (Å²) >= 11 is 0. The van der Waals surface area contributed by atoms with Crippen molar-refractivity contribution in [3.63, 3.8) is 0 Å². The number of hydrogen-bond acceptors (Lipinski definition) is 6. The molecule has 1 saturated carbocycles. The molecule has 180 valence electrons. The van der Waals surface area contributed by atoms with E-state index in [0.717, 1.165) is 62.1 Å². The van der Waals surface area contributed by atoms with Crippen LogP contribution in [0.1, 0.15) is 40.7 Å². The van der Waals surface area contributed by atoms with Crippen LogP contribution < -0.4 is 10.2 Å². The number of nitrogens with one attached hydrogen (secondary N) is 2. The van der Waals surface area contributed by atoms with E-state index in [1.54, 1.807) is 6.20 Å². The summed E-state index contributed by atoms with van der Waals surface area (Å²) in [7, 11) is 2.17. The Kier molecular flexibility index (Phi) is 6.04. The number of likely N-dealkylation sites (N-methyl/N-ethyl adjacent to an activating group) is 1. The van der Waals surface area contributed by atoms with E-state index >= 15 is 0 Å². The van der Waals surface area contributed by atoms with Crippen molar-refractivity contribution < 1.29 is 9.90 Å². The second-order valence-electron chi connectivity index (χ2n) is 10.1. The number of H-pyrrole nitrogens is 1. The average molecular weight is 463 g/mol. The molecule has 1 amide bonds. The molecule has 1 aromatic carbocycles. The van der Waals surface area contributed by atoms with Crippen molar-refractivity contribution in [2.75, 3.05) is 51.3 Å². The topological polar surface area (TPSA) is 97.4 Å². The molecule has 1 aliphatic carbocycles. The van der Waals surface area contributed by atoms with Crippen molar-refractivity contribution in [2.24, 2.45) is 5.41 Å². The third kappa shape index (κ3) is 4.16. The Bertz CT molecular complexity index is 1180. The Morgan fingerprint density at radius 3 is 2.44 bits per heavy atom. The Morgan fingerprint density at radius 2 is 1.82 bits per heavy atom. The fraction of sp³-hybridized carbons (Fsp3) is 0.500. The normalized spacial score (nSPS) is 18.2. The fourth-order valence-electron chi connectivity index (χ4n) is 5.31. The van der Waals surface area contributed by atoms with Crippen LogP contribution in [-0.2, 0) is 0 Å². The van der Waals surface area contributed by atoms with Gasteiger partial charge < -0.3 is 25.2 Å². The van der Waals surface area contributed by atoms with Gasteiger partial charge in [0.2, 0.25) is 0 Å². The fourth-order valence-corrected chi connectivity index (χ4v) is 5.31. The number of fused-ring (bicyclic) bond motifs is 1. The summed E-state index contributed by atoms with van der Waals surface area (Å²) in [5.41, 5.74) is 6.51. The number of hydrogen-bond donors (Lipinski definition) is 3. The monoisotopic (exact) mass is 462 g/mol. The van der Waals surface area contributed by atoms with E-state index in [1.165, 1.54) is 16.8 Å². The SMILES string of the molecule is Cc1cc(-c2cc3c(C(=O)NCC4(CO)CCC4)c[nH]c3nn2)cc(C)c1N1CCN(C)CC1. The van der Waals surface area contributed by atoms with Gasteiger partial charge in [0.25, 0.3) is 5.91 Å². The highest BCUT2D eigenvalue weighted by Gasteiger charge is 2.36. The number of benzene rings is 1. The highest BCUT2D eigenvalue weighted by molar-refractivity contribution is 6.06. The Hall–Kier alpha value is -2.97. The number of aryl methyl sites for hydroxylation is 2. The molecule has 8 nitrogen and oxygen atoms in total. The molecule has 0 spiro atoms. The molecule has 34 heavy (non-hydrogen) atoms. The van der Waals surface area contributed by atoms with Crippen LogP contribution in [0.4, 0.5) is 5.69 Å². The van der Waals surface area contributed by atoms with Gasteiger partial charge in [0.1, 0.15) is 0 Å². The lowest BCUT2D eigenvalue weighted by molar-refractivity contribution is 0.0429. The van der Waals surface area contributed by atoms with Crippen LogP contribution in [0.3, 0.4) is 0 Å². The lowest BCUT2D eigenvalue weighted by Gasteiger charge is -2.40. The maximum Gasteiger partial charge on any atom is 0.253 e. The Morgan fingerprint density at radius 1 is 1.12 bits per heavy atom. The molecule has 0 unspecified atom stereocenters. The number of carbonyl (C=O) groups excluding carboxylic acids is 1. The average Bonchev–Trinajstić information content (AvgIpc) is 3.22. The molecular formula is C26H34N6O2. The molecule has 1 aliphatic heterocycles. The van der Waals surface area contributed by atoms with Crippen molar-refractivity contribution in [2.45, 2.75) is 33.1 Å². The molecule has 8 heteroatoms. The van der Waals surface area contributed by atoms with Gasteiger partial charge in [-0.05, 0) is 63.1 Å². The minimum absolute atomic E-state index is 0.111. The number of aromatic nitrogens is 3. The van der Waals surface area contributed by atoms with Gasteiger partial charge in [-0.25, -0.2) is 0 Å². The van der Waals surface area contributed by atoms with Crippen LogP contribution in [0, 0.1) is 19.3 Å². The highest BCUT2D eigenvalue weighted by Crippen LogP contribution is 2.39. The number of aromatic amines is 1. The van der Waals surface area contributed by atoms with Crippen molar-refractivity contribution in [3.8, 4) is 11.3 Å². The molecule has 3 N–H and O–H groups in total. The van der Waals surface area contributed by atoms with Gasteiger partial charge >= 0.3 is 0 Å². The van der Waals surface area contributed by atoms with Crippen LogP contribution >= 0.6 is 0 Å². The third-order valence-corrected chi connectivity index (χ3v) is 7.66. The molecule has 0 radical (unpaired) electrons. The molecule has 3 aromatic rings. The van der Waals surface area contributed by atoms with E-state index in [0.29, 0.717) is 17.8 Å². The summed E-state index contributed by atoms with van der Waals surface area (Å²) in [4.78, 5) is 20.9. The molecule has 2 aliphatic rings. The van der Waals surface area contributed by atoms with Crippen LogP contribution in [-0.4, -0.2) is 77.5 Å². The van der Waals surface area contributed by atoms with E-state index in [4.69, 9.17) is 0 Å². The number of carbonyl (C=O) groups is 1. The number of nitrogens with zero attached hydrogens (tertiary/aromatic N) is 4. The molecule has 5 rings (SSSR count). The molecule has 2 aromatic heterocycles. The zero-order valence-corrected chi connectivity index (χ0v) is 20.3. The van der Waals surface area contributed by atoms with Crippen LogP contribution in [0.2, 0.25) is 0 Å². The second-order valence-corrected chi connectivity index (χ2v) is 10.1. The maximum absolute atomic E-state index is 13.0. The molecular weight excluding hydrogens is 428 g/mol. The summed E-state index contributed by atoms with van der Waals surface area (Å²) in [6.45, 7) is 9.12. The predicted molar refractivity (Wildman–Crippen MR) is 134 cm³/mol. The first-order chi connectivity index (χ1) is 16.4. The van der Waals surface area contributed by atoms with Gasteiger partial charge in [-0.1, -0.05) is 6.42 Å². The molecule has 0 atom stereocenters. The van der Waals surface area contributed by atoms with E-state index < -0.39 is 0 Å². The molecule has 1 saturated heterocycles. The van der Waals surface area contributed by atoms with Crippen molar-refractivity contribution in [3.05, 3.63) is 41.1 Å². The third-order valence-electron chi connectivity index (χ3n) is 7.66. The van der Waals surface area contributed by atoms with Crippen molar-refractivity contribution in [1.29, 1.82) is 0 Å². The number of aliphatic hydroxyl groups excluding tert-OH is 1. The van der Waals surface area contributed by atoms with E-state index in [2.05, 4.69) is 63.3 Å². The standard InChI is InChI=1S/C26H34N6O2/c1-17-11-19(12-18(2)23(17)32-9-7-31(3)8-10-32)22-13-20-21(14-27-24(20)30-29-22)25(34)28-15-26(16-33)5-4-6-26/h11-14,33H,4-10,15-16H2,1-3H3,(H,27,30)(H,28,34). The van der Waals surface area contributed by atoms with Gasteiger partial charge in [-0.15, -0.1) is 10.2 Å². The lowest BCUT2D eigenvalue weighted by Crippen LogP contribution is -2.45. The summed E-state index contributed by atoms with van der Waals surface area (Å²) < 4.78 is 0. The zero-order chi connectivity index (χ0) is 23.9. The van der Waals surface area contributed by atoms with Crippen LogP contribution in [0.15, 0.2) is 24.4 Å². The molecule has 0 bridgehead atoms. The van der Waals surface area contributed by atoms with E-state index in [1.807, 2.05) is 6.07 Å². The van der Waals surface area contributed by atoms with Gasteiger partial charge in [-0.2, -0.15) is 0 Å². The number of aliphatic hydroxyl groups is 1. The van der Waals surface area contributed by atoms with Crippen molar-refractivity contribution in [1.82, 2.24) is 25.4 Å². The summed E-state index contributed by atoms with van der Waals surface area (Å²) in [6.07, 6.45) is 4.71. The van der Waals surface area contributed by atoms with Crippen LogP contribution in [0.5, 0.6) is 0 Å². The maximum atomic E-state index is 13.0. The first-order valence-electron chi connectivity index (χ1n) is 12.2. The second kappa shape index (κ2) is 9.00. The summed E-state index contributed by atoms with van der Waals surface area (Å²) in [5.74, 6) is -0.150. The number of rotatable bonds is 6. The predicted octanol–water partition coefficient (Wildman–Crippen LogP) is 2.89. The minimum Gasteiger partial charge on any atom is -0.396 e. The lowest BCUT2D eigenvalue weighted by atomic mass is 9.69. The van der Waals surface area contributed by atoms with Gasteiger partial charge in [0, 0.05) is 61.0 Å².